The number of carbonyl (C=O) groups excluding carboxylic acids is 1. The Morgan fingerprint density at radius 1 is 1.60 bits per heavy atom. The maximum Gasteiger partial charge on any atom is 0.323 e. The van der Waals surface area contributed by atoms with Gasteiger partial charge >= 0.3 is 5.97 Å². The Morgan fingerprint density at radius 3 is 2.73 bits per heavy atom. The molecule has 5 heteroatoms. The Kier molecular flexibility index (Phi) is 3.85. The van der Waals surface area contributed by atoms with E-state index in [1.807, 2.05) is 6.92 Å². The summed E-state index contributed by atoms with van der Waals surface area (Å²) in [5.41, 5.74) is 7.34. The van der Waals surface area contributed by atoms with Gasteiger partial charge in [-0.2, -0.15) is 0 Å². The number of hydrogen-bond donors (Lipinski definition) is 1. The number of carbonyl (C=O) groups is 1. The predicted octanol–water partition coefficient (Wildman–Crippen LogP) is 0.724. The highest BCUT2D eigenvalue weighted by Crippen LogP contribution is 2.14. The topological polar surface area (TPSA) is 78.4 Å². The molecule has 0 spiro atoms. The van der Waals surface area contributed by atoms with E-state index in [0.717, 1.165) is 11.3 Å². The fourth-order valence-corrected chi connectivity index (χ4v) is 1.35. The molecule has 1 aromatic rings. The summed E-state index contributed by atoms with van der Waals surface area (Å²) in [4.78, 5) is 11.3. The van der Waals surface area contributed by atoms with Gasteiger partial charge in [0, 0.05) is 12.0 Å². The minimum absolute atomic E-state index is 0.341. The average Bonchev–Trinajstić information content (AvgIpc) is 2.49. The van der Waals surface area contributed by atoms with Crippen LogP contribution in [0.4, 0.5) is 0 Å². The van der Waals surface area contributed by atoms with Gasteiger partial charge in [-0.05, 0) is 20.8 Å². The van der Waals surface area contributed by atoms with E-state index >= 15 is 0 Å². The second kappa shape index (κ2) is 4.93. The molecule has 1 unspecified atom stereocenters. The van der Waals surface area contributed by atoms with Crippen molar-refractivity contribution in [2.24, 2.45) is 5.73 Å². The SMILES string of the molecule is CCOC(=O)C(N)Cc1c(C)noc1C. The van der Waals surface area contributed by atoms with E-state index in [4.69, 9.17) is 15.0 Å². The maximum absolute atomic E-state index is 11.3. The van der Waals surface area contributed by atoms with Crippen LogP contribution in [0, 0.1) is 13.8 Å². The van der Waals surface area contributed by atoms with Gasteiger partial charge in [0.15, 0.2) is 0 Å². The standard InChI is InChI=1S/C10H16N2O3/c1-4-14-10(13)9(11)5-8-6(2)12-15-7(8)3/h9H,4-5,11H2,1-3H3. The van der Waals surface area contributed by atoms with Crippen molar-refractivity contribution in [1.82, 2.24) is 5.16 Å². The fraction of sp³-hybridized carbons (Fsp3) is 0.600. The molecule has 0 aliphatic rings. The zero-order valence-electron chi connectivity index (χ0n) is 9.24. The predicted molar refractivity (Wildman–Crippen MR) is 54.3 cm³/mol. The van der Waals surface area contributed by atoms with Gasteiger partial charge in [-0.3, -0.25) is 4.79 Å². The van der Waals surface area contributed by atoms with E-state index < -0.39 is 12.0 Å². The number of ether oxygens (including phenoxy) is 1. The number of esters is 1. The van der Waals surface area contributed by atoms with Gasteiger partial charge < -0.3 is 15.0 Å². The molecule has 15 heavy (non-hydrogen) atoms. The monoisotopic (exact) mass is 212 g/mol. The maximum atomic E-state index is 11.3. The summed E-state index contributed by atoms with van der Waals surface area (Å²) in [5, 5.41) is 3.79. The highest BCUT2D eigenvalue weighted by Gasteiger charge is 2.19. The lowest BCUT2D eigenvalue weighted by atomic mass is 10.1. The van der Waals surface area contributed by atoms with E-state index in [2.05, 4.69) is 5.16 Å². The molecule has 84 valence electrons. The highest BCUT2D eigenvalue weighted by molar-refractivity contribution is 5.75. The number of aromatic nitrogens is 1. The van der Waals surface area contributed by atoms with Gasteiger partial charge in [0.05, 0.1) is 12.3 Å². The minimum Gasteiger partial charge on any atom is -0.465 e. The zero-order valence-corrected chi connectivity index (χ0v) is 9.24. The Bertz CT molecular complexity index is 327. The smallest absolute Gasteiger partial charge is 0.323 e. The summed E-state index contributed by atoms with van der Waals surface area (Å²) in [7, 11) is 0. The molecule has 0 bridgehead atoms. The molecule has 0 aromatic carbocycles. The van der Waals surface area contributed by atoms with Gasteiger partial charge in [-0.1, -0.05) is 5.16 Å². The van der Waals surface area contributed by atoms with Gasteiger partial charge in [0.25, 0.3) is 0 Å². The van der Waals surface area contributed by atoms with E-state index in [9.17, 15) is 4.79 Å². The van der Waals surface area contributed by atoms with Crippen molar-refractivity contribution in [3.63, 3.8) is 0 Å². The van der Waals surface area contributed by atoms with Crippen molar-refractivity contribution in [1.29, 1.82) is 0 Å². The molecule has 1 heterocycles. The molecule has 0 aliphatic heterocycles. The van der Waals surface area contributed by atoms with Crippen molar-refractivity contribution < 1.29 is 14.1 Å². The van der Waals surface area contributed by atoms with Gasteiger partial charge in [0.2, 0.25) is 0 Å². The van der Waals surface area contributed by atoms with Crippen molar-refractivity contribution in [3.05, 3.63) is 17.0 Å². The van der Waals surface area contributed by atoms with Crippen LogP contribution in [0.2, 0.25) is 0 Å². The van der Waals surface area contributed by atoms with Crippen molar-refractivity contribution in [2.45, 2.75) is 33.2 Å². The number of aryl methyl sites for hydroxylation is 2. The Labute approximate surface area is 88.6 Å². The molecule has 0 saturated carbocycles. The molecule has 0 aliphatic carbocycles. The first-order valence-electron chi connectivity index (χ1n) is 4.90. The van der Waals surface area contributed by atoms with E-state index in [-0.39, 0.29) is 0 Å². The lowest BCUT2D eigenvalue weighted by Gasteiger charge is -2.09. The Hall–Kier alpha value is -1.36. The van der Waals surface area contributed by atoms with Crippen LogP contribution in [-0.4, -0.2) is 23.8 Å². The third-order valence-corrected chi connectivity index (χ3v) is 2.19. The number of nitrogens with two attached hydrogens (primary N) is 1. The largest absolute Gasteiger partial charge is 0.465 e. The van der Waals surface area contributed by atoms with Crippen LogP contribution in [0.5, 0.6) is 0 Å². The molecule has 1 aromatic heterocycles. The summed E-state index contributed by atoms with van der Waals surface area (Å²) in [6, 6.07) is -0.651. The lowest BCUT2D eigenvalue weighted by molar-refractivity contribution is -0.144. The van der Waals surface area contributed by atoms with Gasteiger partial charge in [0.1, 0.15) is 11.8 Å². The molecule has 0 radical (unpaired) electrons. The van der Waals surface area contributed by atoms with Crippen LogP contribution >= 0.6 is 0 Å². The highest BCUT2D eigenvalue weighted by atomic mass is 16.5. The summed E-state index contributed by atoms with van der Waals surface area (Å²) in [5.74, 6) is 0.310. The zero-order chi connectivity index (χ0) is 11.4. The first-order chi connectivity index (χ1) is 7.06. The molecule has 0 saturated heterocycles. The number of rotatable bonds is 4. The van der Waals surface area contributed by atoms with Gasteiger partial charge in [-0.15, -0.1) is 0 Å². The van der Waals surface area contributed by atoms with Crippen LogP contribution in [0.15, 0.2) is 4.52 Å². The molecule has 0 amide bonds. The third kappa shape index (κ3) is 2.79. The Balaban J connectivity index is 2.66. The van der Waals surface area contributed by atoms with Crippen LogP contribution in [-0.2, 0) is 16.0 Å². The number of nitrogens with zero attached hydrogens (tertiary/aromatic N) is 1. The summed E-state index contributed by atoms with van der Waals surface area (Å²) >= 11 is 0. The van der Waals surface area contributed by atoms with Gasteiger partial charge in [-0.25, -0.2) is 0 Å². The quantitative estimate of drug-likeness (QED) is 0.744. The molecule has 0 fully saturated rings. The van der Waals surface area contributed by atoms with E-state index in [0.29, 0.717) is 18.8 Å². The molecule has 1 rings (SSSR count). The van der Waals surface area contributed by atoms with Crippen LogP contribution in [0.25, 0.3) is 0 Å². The fourth-order valence-electron chi connectivity index (χ4n) is 1.35. The average molecular weight is 212 g/mol. The van der Waals surface area contributed by atoms with Crippen molar-refractivity contribution in [3.8, 4) is 0 Å². The van der Waals surface area contributed by atoms with Crippen molar-refractivity contribution >= 4 is 5.97 Å². The van der Waals surface area contributed by atoms with Crippen molar-refractivity contribution in [2.75, 3.05) is 6.61 Å². The van der Waals surface area contributed by atoms with E-state index in [1.165, 1.54) is 0 Å². The molecule has 2 N–H and O–H groups in total. The Morgan fingerprint density at radius 2 is 2.27 bits per heavy atom. The summed E-state index contributed by atoms with van der Waals surface area (Å²) < 4.78 is 9.80. The molecular weight excluding hydrogens is 196 g/mol. The normalized spacial score (nSPS) is 12.5. The van der Waals surface area contributed by atoms with E-state index in [1.54, 1.807) is 13.8 Å². The first-order valence-corrected chi connectivity index (χ1v) is 4.90. The van der Waals surface area contributed by atoms with Crippen LogP contribution in [0.1, 0.15) is 23.9 Å². The molecular formula is C10H16N2O3. The summed E-state index contributed by atoms with van der Waals surface area (Å²) in [6.07, 6.45) is 0.403. The van der Waals surface area contributed by atoms with Crippen LogP contribution in [0.3, 0.4) is 0 Å². The first kappa shape index (κ1) is 11.7. The lowest BCUT2D eigenvalue weighted by Crippen LogP contribution is -2.34. The second-order valence-electron chi connectivity index (χ2n) is 3.37. The summed E-state index contributed by atoms with van der Waals surface area (Å²) in [6.45, 7) is 5.71. The molecule has 1 atom stereocenters. The van der Waals surface area contributed by atoms with Crippen LogP contribution < -0.4 is 5.73 Å². The number of hydrogen-bond acceptors (Lipinski definition) is 5. The molecule has 5 nitrogen and oxygen atoms in total. The third-order valence-electron chi connectivity index (χ3n) is 2.19. The minimum atomic E-state index is -0.651. The second-order valence-corrected chi connectivity index (χ2v) is 3.37.